The lowest BCUT2D eigenvalue weighted by Gasteiger charge is -1.99. The zero-order valence-electron chi connectivity index (χ0n) is 11.8. The van der Waals surface area contributed by atoms with E-state index in [1.165, 1.54) is 11.8 Å². The molecule has 0 atom stereocenters. The van der Waals surface area contributed by atoms with E-state index in [9.17, 15) is 4.79 Å². The van der Waals surface area contributed by atoms with Crippen LogP contribution in [0.2, 0.25) is 0 Å². The number of amidine groups is 1. The van der Waals surface area contributed by atoms with Crippen LogP contribution in [0.1, 0.15) is 11.3 Å². The number of hydrogen-bond acceptors (Lipinski definition) is 3. The van der Waals surface area contributed by atoms with Crippen LogP contribution in [0.4, 0.5) is 5.69 Å². The fourth-order valence-electron chi connectivity index (χ4n) is 2.04. The predicted octanol–water partition coefficient (Wildman–Crippen LogP) is 3.23. The Morgan fingerprint density at radius 1 is 1.24 bits per heavy atom. The molecular formula is C16H15N3OS. The third-order valence-electron chi connectivity index (χ3n) is 3.25. The molecule has 0 saturated carbocycles. The summed E-state index contributed by atoms with van der Waals surface area (Å²) in [4.78, 5) is 17.2. The van der Waals surface area contributed by atoms with Crippen LogP contribution in [0, 0.1) is 6.92 Å². The van der Waals surface area contributed by atoms with Crippen molar-refractivity contribution in [3.8, 4) is 0 Å². The van der Waals surface area contributed by atoms with Crippen molar-refractivity contribution in [2.45, 2.75) is 6.92 Å². The number of rotatable bonds is 2. The van der Waals surface area contributed by atoms with Crippen LogP contribution < -0.4 is 5.32 Å². The summed E-state index contributed by atoms with van der Waals surface area (Å²) < 4.78 is 1.97. The highest BCUT2D eigenvalue weighted by Crippen LogP contribution is 2.28. The lowest BCUT2D eigenvalue weighted by Crippen LogP contribution is -2.19. The lowest BCUT2D eigenvalue weighted by molar-refractivity contribution is -0.115. The molecule has 1 aromatic carbocycles. The minimum Gasteiger partial charge on any atom is -0.351 e. The Kier molecular flexibility index (Phi) is 3.66. The van der Waals surface area contributed by atoms with Crippen LogP contribution in [0.15, 0.2) is 52.5 Å². The largest absolute Gasteiger partial charge is 0.351 e. The summed E-state index contributed by atoms with van der Waals surface area (Å²) in [6, 6.07) is 11.8. The van der Waals surface area contributed by atoms with Gasteiger partial charge in [-0.05, 0) is 48.5 Å². The highest BCUT2D eigenvalue weighted by atomic mass is 32.2. The van der Waals surface area contributed by atoms with Crippen molar-refractivity contribution in [2.75, 3.05) is 0 Å². The molecule has 0 spiro atoms. The number of amides is 1. The standard InChI is InChI=1S/C16H15N3OS/c1-11-6-3-4-8-13(11)17-16-18-15(20)14(21-16)10-12-7-5-9-19(12)2/h3-10H,1-2H3,(H,17,18,20). The summed E-state index contributed by atoms with van der Waals surface area (Å²) >= 11 is 1.37. The van der Waals surface area contributed by atoms with Gasteiger partial charge in [-0.3, -0.25) is 4.79 Å². The van der Waals surface area contributed by atoms with Crippen LogP contribution in [0.5, 0.6) is 0 Å². The molecule has 1 fully saturated rings. The van der Waals surface area contributed by atoms with E-state index in [0.717, 1.165) is 16.9 Å². The topological polar surface area (TPSA) is 46.4 Å². The first-order chi connectivity index (χ1) is 10.1. The molecule has 0 bridgehead atoms. The first kappa shape index (κ1) is 13.7. The minimum atomic E-state index is -0.103. The van der Waals surface area contributed by atoms with E-state index >= 15 is 0 Å². The van der Waals surface area contributed by atoms with E-state index in [-0.39, 0.29) is 5.91 Å². The number of thioether (sulfide) groups is 1. The van der Waals surface area contributed by atoms with Gasteiger partial charge in [0.1, 0.15) is 0 Å². The van der Waals surface area contributed by atoms with Gasteiger partial charge in [0.2, 0.25) is 0 Å². The summed E-state index contributed by atoms with van der Waals surface area (Å²) in [5.74, 6) is -0.103. The summed E-state index contributed by atoms with van der Waals surface area (Å²) in [6.45, 7) is 2.00. The molecule has 1 aliphatic rings. The number of carbonyl (C=O) groups excluding carboxylic acids is 1. The van der Waals surface area contributed by atoms with Gasteiger partial charge in [0.05, 0.1) is 10.6 Å². The van der Waals surface area contributed by atoms with Gasteiger partial charge >= 0.3 is 0 Å². The predicted molar refractivity (Wildman–Crippen MR) is 87.4 cm³/mol. The normalized spacial score (nSPS) is 18.5. The summed E-state index contributed by atoms with van der Waals surface area (Å²) in [7, 11) is 1.95. The Balaban J connectivity index is 1.87. The molecule has 0 radical (unpaired) electrons. The molecule has 4 nitrogen and oxygen atoms in total. The van der Waals surface area contributed by atoms with Crippen molar-refractivity contribution in [1.29, 1.82) is 0 Å². The Bertz CT molecular complexity index is 758. The highest BCUT2D eigenvalue weighted by molar-refractivity contribution is 8.18. The smallest absolute Gasteiger partial charge is 0.264 e. The molecule has 0 unspecified atom stereocenters. The number of nitrogens with zero attached hydrogens (tertiary/aromatic N) is 2. The van der Waals surface area contributed by atoms with Crippen molar-refractivity contribution in [3.63, 3.8) is 0 Å². The van der Waals surface area contributed by atoms with E-state index in [1.807, 2.05) is 67.2 Å². The van der Waals surface area contributed by atoms with Gasteiger partial charge in [0.25, 0.3) is 5.91 Å². The fraction of sp³-hybridized carbons (Fsp3) is 0.125. The molecule has 1 N–H and O–H groups in total. The Morgan fingerprint density at radius 2 is 2.05 bits per heavy atom. The average molecular weight is 297 g/mol. The molecule has 0 aliphatic carbocycles. The third-order valence-corrected chi connectivity index (χ3v) is 4.16. The Morgan fingerprint density at radius 3 is 2.76 bits per heavy atom. The van der Waals surface area contributed by atoms with E-state index in [2.05, 4.69) is 10.3 Å². The molecule has 1 aromatic heterocycles. The second-order valence-electron chi connectivity index (χ2n) is 4.81. The van der Waals surface area contributed by atoms with Crippen LogP contribution in [-0.4, -0.2) is 15.6 Å². The molecule has 2 aromatic rings. The maximum Gasteiger partial charge on any atom is 0.264 e. The van der Waals surface area contributed by atoms with Crippen molar-refractivity contribution in [2.24, 2.45) is 12.0 Å². The van der Waals surface area contributed by atoms with Gasteiger partial charge < -0.3 is 9.88 Å². The van der Waals surface area contributed by atoms with Crippen LogP contribution in [-0.2, 0) is 11.8 Å². The lowest BCUT2D eigenvalue weighted by atomic mass is 10.2. The van der Waals surface area contributed by atoms with Gasteiger partial charge in [0, 0.05) is 18.9 Å². The summed E-state index contributed by atoms with van der Waals surface area (Å²) in [5.41, 5.74) is 2.95. The summed E-state index contributed by atoms with van der Waals surface area (Å²) in [6.07, 6.45) is 3.83. The molecule has 5 heteroatoms. The molecule has 21 heavy (non-hydrogen) atoms. The van der Waals surface area contributed by atoms with Gasteiger partial charge in [-0.2, -0.15) is 0 Å². The minimum absolute atomic E-state index is 0.103. The molecule has 1 saturated heterocycles. The zero-order valence-corrected chi connectivity index (χ0v) is 12.6. The summed E-state index contributed by atoms with van der Waals surface area (Å²) in [5, 5.41) is 3.43. The number of carbonyl (C=O) groups is 1. The molecule has 2 heterocycles. The second kappa shape index (κ2) is 5.61. The van der Waals surface area contributed by atoms with Gasteiger partial charge in [-0.1, -0.05) is 18.2 Å². The van der Waals surface area contributed by atoms with E-state index in [4.69, 9.17) is 0 Å². The van der Waals surface area contributed by atoms with E-state index < -0.39 is 0 Å². The van der Waals surface area contributed by atoms with Crippen LogP contribution >= 0.6 is 11.8 Å². The molecule has 1 aliphatic heterocycles. The van der Waals surface area contributed by atoms with Crippen LogP contribution in [0.3, 0.4) is 0 Å². The zero-order chi connectivity index (χ0) is 14.8. The number of para-hydroxylation sites is 1. The van der Waals surface area contributed by atoms with E-state index in [0.29, 0.717) is 10.1 Å². The quantitative estimate of drug-likeness (QED) is 0.865. The maximum absolute atomic E-state index is 12.0. The third kappa shape index (κ3) is 2.92. The van der Waals surface area contributed by atoms with Crippen molar-refractivity contribution >= 4 is 34.6 Å². The molecular weight excluding hydrogens is 282 g/mol. The number of benzene rings is 1. The number of aromatic nitrogens is 1. The van der Waals surface area contributed by atoms with Crippen molar-refractivity contribution in [1.82, 2.24) is 9.88 Å². The monoisotopic (exact) mass is 297 g/mol. The molecule has 3 rings (SSSR count). The highest BCUT2D eigenvalue weighted by Gasteiger charge is 2.24. The average Bonchev–Trinajstić information content (AvgIpc) is 3.00. The van der Waals surface area contributed by atoms with Gasteiger partial charge in [-0.25, -0.2) is 4.99 Å². The number of aliphatic imine (C=N–C) groups is 1. The second-order valence-corrected chi connectivity index (χ2v) is 5.84. The SMILES string of the molecule is Cc1ccccc1N=C1NC(=O)C(=Cc2cccn2C)S1. The maximum atomic E-state index is 12.0. The molecule has 1 amide bonds. The van der Waals surface area contributed by atoms with E-state index in [1.54, 1.807) is 0 Å². The number of aryl methyl sites for hydroxylation is 2. The van der Waals surface area contributed by atoms with Gasteiger partial charge in [0.15, 0.2) is 5.17 Å². The first-order valence-corrected chi connectivity index (χ1v) is 7.42. The van der Waals surface area contributed by atoms with Crippen LogP contribution in [0.25, 0.3) is 6.08 Å². The van der Waals surface area contributed by atoms with Gasteiger partial charge in [-0.15, -0.1) is 0 Å². The first-order valence-electron chi connectivity index (χ1n) is 6.60. The fourth-order valence-corrected chi connectivity index (χ4v) is 2.86. The number of nitrogens with one attached hydrogen (secondary N) is 1. The Labute approximate surface area is 127 Å². The van der Waals surface area contributed by atoms with Crippen molar-refractivity contribution < 1.29 is 4.79 Å². The molecule has 106 valence electrons. The number of hydrogen-bond donors (Lipinski definition) is 1. The Hall–Kier alpha value is -2.27. The van der Waals surface area contributed by atoms with Crippen molar-refractivity contribution in [3.05, 3.63) is 58.8 Å².